The van der Waals surface area contributed by atoms with Crippen molar-refractivity contribution in [2.45, 2.75) is 26.4 Å². The molecule has 4 aromatic rings. The highest BCUT2D eigenvalue weighted by Gasteiger charge is 2.32. The molecule has 42 heavy (non-hydrogen) atoms. The number of hydrogen-bond acceptors (Lipinski definition) is 7. The highest BCUT2D eigenvalue weighted by molar-refractivity contribution is 6.30. The lowest BCUT2D eigenvalue weighted by atomic mass is 10.0. The van der Waals surface area contributed by atoms with Crippen molar-refractivity contribution in [1.82, 2.24) is 0 Å². The molecule has 0 radical (unpaired) electrons. The van der Waals surface area contributed by atoms with Crippen molar-refractivity contribution in [1.29, 1.82) is 0 Å². The van der Waals surface area contributed by atoms with Gasteiger partial charge in [0.05, 0.1) is 7.11 Å². The molecule has 0 amide bonds. The molecule has 214 valence electrons. The number of methoxy groups -OCH3 is 1. The summed E-state index contributed by atoms with van der Waals surface area (Å²) in [6, 6.07) is 25.4. The van der Waals surface area contributed by atoms with E-state index in [1.54, 1.807) is 98.8 Å². The summed E-state index contributed by atoms with van der Waals surface area (Å²) in [5.41, 5.74) is 1.34. The fourth-order valence-corrected chi connectivity index (χ4v) is 4.01. The van der Waals surface area contributed by atoms with E-state index in [1.807, 2.05) is 18.2 Å². The summed E-state index contributed by atoms with van der Waals surface area (Å²) >= 11 is 5.90. The zero-order valence-electron chi connectivity index (χ0n) is 23.6. The zero-order valence-corrected chi connectivity index (χ0v) is 24.3. The molecule has 0 atom stereocenters. The van der Waals surface area contributed by atoms with Crippen LogP contribution in [0.3, 0.4) is 0 Å². The first kappa shape index (κ1) is 30.1. The molecule has 0 aliphatic rings. The van der Waals surface area contributed by atoms with Gasteiger partial charge in [-0.2, -0.15) is 0 Å². The number of ketones is 1. The van der Waals surface area contributed by atoms with Crippen molar-refractivity contribution < 1.29 is 33.3 Å². The molecule has 0 saturated heterocycles. The van der Waals surface area contributed by atoms with Gasteiger partial charge in [-0.3, -0.25) is 9.59 Å². The van der Waals surface area contributed by atoms with E-state index in [1.165, 1.54) is 14.0 Å². The van der Waals surface area contributed by atoms with Crippen LogP contribution in [0.1, 0.15) is 47.8 Å². The minimum Gasteiger partial charge on any atom is -0.497 e. The second-order valence-corrected chi connectivity index (χ2v) is 10.2. The molecule has 7 nitrogen and oxygen atoms in total. The normalized spacial score (nSPS) is 11.2. The molecule has 0 unspecified atom stereocenters. The van der Waals surface area contributed by atoms with E-state index in [0.717, 1.165) is 11.1 Å². The lowest BCUT2D eigenvalue weighted by Crippen LogP contribution is -2.41. The molecular formula is C34H29ClO7. The van der Waals surface area contributed by atoms with Crippen LogP contribution in [0.2, 0.25) is 5.02 Å². The Hall–Kier alpha value is -4.88. The monoisotopic (exact) mass is 584 g/mol. The lowest BCUT2D eigenvalue weighted by molar-refractivity contribution is -0.149. The van der Waals surface area contributed by atoms with Gasteiger partial charge in [0, 0.05) is 29.1 Å². The topological polar surface area (TPSA) is 88.1 Å². The zero-order chi connectivity index (χ0) is 30.3. The Kier molecular flexibility index (Phi) is 9.45. The Morgan fingerprint density at radius 3 is 1.81 bits per heavy atom. The Morgan fingerprint density at radius 2 is 1.21 bits per heavy atom. The van der Waals surface area contributed by atoms with Crippen LogP contribution in [0.5, 0.6) is 23.0 Å². The lowest BCUT2D eigenvalue weighted by Gasteiger charge is -2.24. The predicted molar refractivity (Wildman–Crippen MR) is 161 cm³/mol. The molecule has 8 heteroatoms. The molecular weight excluding hydrogens is 556 g/mol. The molecule has 0 aliphatic heterocycles. The number of esters is 2. The van der Waals surface area contributed by atoms with E-state index >= 15 is 0 Å². The van der Waals surface area contributed by atoms with E-state index in [9.17, 15) is 14.4 Å². The highest BCUT2D eigenvalue weighted by atomic mass is 35.5. The first-order valence-electron chi connectivity index (χ1n) is 13.0. The summed E-state index contributed by atoms with van der Waals surface area (Å²) < 4.78 is 21.9. The summed E-state index contributed by atoms with van der Waals surface area (Å²) in [4.78, 5) is 36.9. The van der Waals surface area contributed by atoms with Crippen LogP contribution in [-0.2, 0) is 9.59 Å². The quantitative estimate of drug-likeness (QED) is 0.0828. The van der Waals surface area contributed by atoms with Gasteiger partial charge in [-0.05, 0) is 97.8 Å². The largest absolute Gasteiger partial charge is 0.497 e. The van der Waals surface area contributed by atoms with Crippen molar-refractivity contribution in [2.24, 2.45) is 0 Å². The van der Waals surface area contributed by atoms with Crippen molar-refractivity contribution in [2.75, 3.05) is 7.11 Å². The van der Waals surface area contributed by atoms with Crippen LogP contribution in [0.15, 0.2) is 91.0 Å². The second kappa shape index (κ2) is 13.2. The summed E-state index contributed by atoms with van der Waals surface area (Å²) in [5.74, 6) is 0.568. The SMILES string of the molecule is COc1cc(/C=C/c2ccc(OC(=O)C(C)(C)Oc3ccc(C(=O)c4ccc(Cl)cc4)cc3)cc2)cc(OC(C)=O)c1. The summed E-state index contributed by atoms with van der Waals surface area (Å²) in [6.45, 7) is 4.55. The van der Waals surface area contributed by atoms with Gasteiger partial charge in [0.1, 0.15) is 23.0 Å². The van der Waals surface area contributed by atoms with Crippen LogP contribution >= 0.6 is 11.6 Å². The summed E-state index contributed by atoms with van der Waals surface area (Å²) in [6.07, 6.45) is 3.72. The predicted octanol–water partition coefficient (Wildman–Crippen LogP) is 7.44. The van der Waals surface area contributed by atoms with Gasteiger partial charge in [-0.25, -0.2) is 4.79 Å². The Bertz CT molecular complexity index is 1600. The average molecular weight is 585 g/mol. The van der Waals surface area contributed by atoms with Crippen molar-refractivity contribution in [3.05, 3.63) is 118 Å². The minimum absolute atomic E-state index is 0.148. The van der Waals surface area contributed by atoms with Gasteiger partial charge < -0.3 is 18.9 Å². The fourth-order valence-electron chi connectivity index (χ4n) is 3.88. The van der Waals surface area contributed by atoms with Crippen molar-refractivity contribution in [3.8, 4) is 23.0 Å². The van der Waals surface area contributed by atoms with Gasteiger partial charge in [0.15, 0.2) is 5.78 Å². The van der Waals surface area contributed by atoms with E-state index in [-0.39, 0.29) is 5.78 Å². The Morgan fingerprint density at radius 1 is 0.667 bits per heavy atom. The van der Waals surface area contributed by atoms with Crippen LogP contribution < -0.4 is 18.9 Å². The number of ether oxygens (including phenoxy) is 4. The van der Waals surface area contributed by atoms with Gasteiger partial charge in [0.2, 0.25) is 5.60 Å². The van der Waals surface area contributed by atoms with Crippen LogP contribution in [-0.4, -0.2) is 30.4 Å². The standard InChI is InChI=1S/C34H29ClO7/c1-22(36)40-31-20-24(19-30(21-31)39-4)6-5-23-7-15-28(16-8-23)41-33(38)34(2,3)42-29-17-11-26(12-18-29)32(37)25-9-13-27(35)14-10-25/h5-21H,1-4H3/b6-5+. The fraction of sp³-hybridized carbons (Fsp3) is 0.147. The molecule has 0 aromatic heterocycles. The summed E-state index contributed by atoms with van der Waals surface area (Å²) in [7, 11) is 1.54. The van der Waals surface area contributed by atoms with Crippen LogP contribution in [0, 0.1) is 0 Å². The minimum atomic E-state index is -1.30. The number of carbonyl (C=O) groups is 3. The third-order valence-electron chi connectivity index (χ3n) is 6.05. The molecule has 0 N–H and O–H groups in total. The average Bonchev–Trinajstić information content (AvgIpc) is 2.96. The van der Waals surface area contributed by atoms with Crippen molar-refractivity contribution >= 4 is 41.5 Å². The number of carbonyl (C=O) groups excluding carboxylic acids is 3. The first-order chi connectivity index (χ1) is 20.0. The van der Waals surface area contributed by atoms with Crippen molar-refractivity contribution in [3.63, 3.8) is 0 Å². The van der Waals surface area contributed by atoms with E-state index in [4.69, 9.17) is 30.5 Å². The second-order valence-electron chi connectivity index (χ2n) is 9.80. The maximum Gasteiger partial charge on any atom is 0.355 e. The molecule has 0 fully saturated rings. The number of rotatable bonds is 10. The van der Waals surface area contributed by atoms with Crippen LogP contribution in [0.4, 0.5) is 0 Å². The number of halogens is 1. The Balaban J connectivity index is 1.36. The molecule has 0 saturated carbocycles. The van der Waals surface area contributed by atoms with E-state index in [0.29, 0.717) is 39.1 Å². The molecule has 4 rings (SSSR count). The molecule has 4 aromatic carbocycles. The number of benzene rings is 4. The molecule has 0 aliphatic carbocycles. The maximum absolute atomic E-state index is 12.9. The van der Waals surface area contributed by atoms with E-state index in [2.05, 4.69) is 0 Å². The van der Waals surface area contributed by atoms with Gasteiger partial charge in [-0.15, -0.1) is 0 Å². The Labute approximate surface area is 249 Å². The molecule has 0 spiro atoms. The molecule has 0 bridgehead atoms. The first-order valence-corrected chi connectivity index (χ1v) is 13.4. The third-order valence-corrected chi connectivity index (χ3v) is 6.30. The highest BCUT2D eigenvalue weighted by Crippen LogP contribution is 2.26. The molecule has 0 heterocycles. The van der Waals surface area contributed by atoms with Crippen LogP contribution in [0.25, 0.3) is 12.2 Å². The maximum atomic E-state index is 12.9. The summed E-state index contributed by atoms with van der Waals surface area (Å²) in [5, 5.41) is 0.554. The number of hydrogen-bond donors (Lipinski definition) is 0. The van der Waals surface area contributed by atoms with Gasteiger partial charge in [-0.1, -0.05) is 35.9 Å². The van der Waals surface area contributed by atoms with Gasteiger partial charge >= 0.3 is 11.9 Å². The van der Waals surface area contributed by atoms with Gasteiger partial charge in [0.25, 0.3) is 0 Å². The third kappa shape index (κ3) is 8.08. The smallest absolute Gasteiger partial charge is 0.355 e. The van der Waals surface area contributed by atoms with E-state index < -0.39 is 17.5 Å².